The van der Waals surface area contributed by atoms with Crippen molar-refractivity contribution in [3.8, 4) is 5.75 Å². The Morgan fingerprint density at radius 1 is 1.30 bits per heavy atom. The molecule has 1 unspecified atom stereocenters. The van der Waals surface area contributed by atoms with Crippen molar-refractivity contribution in [1.82, 2.24) is 5.32 Å². The number of fused-ring (bicyclic) bond motifs is 1. The normalized spacial score (nSPS) is 16.5. The molecule has 4 nitrogen and oxygen atoms in total. The van der Waals surface area contributed by atoms with Crippen molar-refractivity contribution in [3.05, 3.63) is 65.0 Å². The molecule has 0 saturated carbocycles. The Balaban J connectivity index is 1.58. The van der Waals surface area contributed by atoms with Crippen LogP contribution in [0.2, 0.25) is 0 Å². The van der Waals surface area contributed by atoms with E-state index in [4.69, 9.17) is 9.47 Å². The van der Waals surface area contributed by atoms with E-state index < -0.39 is 5.82 Å². The van der Waals surface area contributed by atoms with E-state index in [-0.39, 0.29) is 23.3 Å². The second kappa shape index (κ2) is 6.79. The van der Waals surface area contributed by atoms with Gasteiger partial charge in [0.15, 0.2) is 11.6 Å². The zero-order valence-electron chi connectivity index (χ0n) is 12.8. The van der Waals surface area contributed by atoms with Crippen LogP contribution in [0.1, 0.15) is 21.5 Å². The third-order valence-corrected chi connectivity index (χ3v) is 3.94. The molecular formula is C18H18FNO3. The van der Waals surface area contributed by atoms with Gasteiger partial charge in [-0.2, -0.15) is 0 Å². The number of carbonyl (C=O) groups excluding carboxylic acids is 1. The monoisotopic (exact) mass is 315 g/mol. The Labute approximate surface area is 134 Å². The van der Waals surface area contributed by atoms with Crippen molar-refractivity contribution >= 4 is 5.91 Å². The van der Waals surface area contributed by atoms with E-state index in [1.807, 2.05) is 18.2 Å². The van der Waals surface area contributed by atoms with Crippen LogP contribution < -0.4 is 10.1 Å². The van der Waals surface area contributed by atoms with Gasteiger partial charge in [0.1, 0.15) is 0 Å². The zero-order valence-corrected chi connectivity index (χ0v) is 12.8. The summed E-state index contributed by atoms with van der Waals surface area (Å²) in [4.78, 5) is 12.1. The van der Waals surface area contributed by atoms with Crippen molar-refractivity contribution in [2.75, 3.05) is 13.7 Å². The lowest BCUT2D eigenvalue weighted by Crippen LogP contribution is -2.36. The molecule has 1 atom stereocenters. The summed E-state index contributed by atoms with van der Waals surface area (Å²) in [6.45, 7) is 0.939. The second-order valence-electron chi connectivity index (χ2n) is 5.47. The lowest BCUT2D eigenvalue weighted by atomic mass is 9.99. The first-order valence-electron chi connectivity index (χ1n) is 7.47. The summed E-state index contributed by atoms with van der Waals surface area (Å²) in [6, 6.07) is 12.3. The van der Waals surface area contributed by atoms with E-state index >= 15 is 0 Å². The fourth-order valence-corrected chi connectivity index (χ4v) is 2.66. The summed E-state index contributed by atoms with van der Waals surface area (Å²) < 4.78 is 24.2. The van der Waals surface area contributed by atoms with Gasteiger partial charge in [0.05, 0.1) is 19.8 Å². The number of rotatable bonds is 4. The lowest BCUT2D eigenvalue weighted by molar-refractivity contribution is 0.0285. The third kappa shape index (κ3) is 3.51. The molecule has 3 rings (SSSR count). The van der Waals surface area contributed by atoms with Crippen LogP contribution in [-0.2, 0) is 17.8 Å². The van der Waals surface area contributed by atoms with Gasteiger partial charge in [-0.25, -0.2) is 4.39 Å². The molecule has 1 N–H and O–H groups in total. The van der Waals surface area contributed by atoms with Gasteiger partial charge in [0.2, 0.25) is 0 Å². The van der Waals surface area contributed by atoms with Gasteiger partial charge in [-0.05, 0) is 29.3 Å². The van der Waals surface area contributed by atoms with Crippen LogP contribution >= 0.6 is 0 Å². The summed E-state index contributed by atoms with van der Waals surface area (Å²) in [6.07, 6.45) is 0.685. The standard InChI is InChI=1S/C18H18FNO3/c1-22-17-7-6-13(9-16(17)19)18(21)20-10-15-8-12-4-2-3-5-14(12)11-23-15/h2-7,9,15H,8,10-11H2,1H3,(H,20,21). The number of carbonyl (C=O) groups is 1. The number of benzene rings is 2. The predicted molar refractivity (Wildman–Crippen MR) is 84.0 cm³/mol. The molecule has 1 heterocycles. The van der Waals surface area contributed by atoms with Crippen molar-refractivity contribution < 1.29 is 18.7 Å². The van der Waals surface area contributed by atoms with E-state index in [2.05, 4.69) is 11.4 Å². The van der Waals surface area contributed by atoms with E-state index in [1.165, 1.54) is 36.4 Å². The fraction of sp³-hybridized carbons (Fsp3) is 0.278. The maximum Gasteiger partial charge on any atom is 0.251 e. The summed E-state index contributed by atoms with van der Waals surface area (Å²) in [5.41, 5.74) is 2.69. The Kier molecular flexibility index (Phi) is 4.57. The summed E-state index contributed by atoms with van der Waals surface area (Å²) in [5.74, 6) is -0.759. The Morgan fingerprint density at radius 3 is 2.83 bits per heavy atom. The number of methoxy groups -OCH3 is 1. The number of hydrogen-bond donors (Lipinski definition) is 1. The smallest absolute Gasteiger partial charge is 0.251 e. The molecule has 0 fully saturated rings. The highest BCUT2D eigenvalue weighted by atomic mass is 19.1. The molecule has 2 aromatic rings. The minimum atomic E-state index is -0.553. The van der Waals surface area contributed by atoms with Crippen molar-refractivity contribution in [1.29, 1.82) is 0 Å². The maximum absolute atomic E-state index is 13.6. The zero-order chi connectivity index (χ0) is 16.2. The number of nitrogens with one attached hydrogen (secondary N) is 1. The van der Waals surface area contributed by atoms with Crippen LogP contribution in [0.3, 0.4) is 0 Å². The SMILES string of the molecule is COc1ccc(C(=O)NCC2Cc3ccccc3CO2)cc1F. The Morgan fingerprint density at radius 2 is 2.09 bits per heavy atom. The molecule has 120 valence electrons. The van der Waals surface area contributed by atoms with E-state index in [0.29, 0.717) is 13.2 Å². The molecule has 23 heavy (non-hydrogen) atoms. The number of hydrogen-bond acceptors (Lipinski definition) is 3. The number of amides is 1. The predicted octanol–water partition coefficient (Wildman–Crippen LogP) is 2.71. The molecule has 1 aliphatic rings. The molecule has 0 bridgehead atoms. The van der Waals surface area contributed by atoms with Crippen molar-refractivity contribution in [3.63, 3.8) is 0 Å². The molecule has 0 saturated heterocycles. The number of ether oxygens (including phenoxy) is 2. The van der Waals surface area contributed by atoms with Crippen LogP contribution in [0.4, 0.5) is 4.39 Å². The van der Waals surface area contributed by atoms with Gasteiger partial charge < -0.3 is 14.8 Å². The molecular weight excluding hydrogens is 297 g/mol. The summed E-state index contributed by atoms with van der Waals surface area (Å²) in [5, 5.41) is 2.79. The maximum atomic E-state index is 13.6. The Bertz CT molecular complexity index is 717. The van der Waals surface area contributed by atoms with Gasteiger partial charge in [-0.15, -0.1) is 0 Å². The van der Waals surface area contributed by atoms with Gasteiger partial charge in [0.25, 0.3) is 5.91 Å². The van der Waals surface area contributed by atoms with Gasteiger partial charge in [-0.1, -0.05) is 24.3 Å². The van der Waals surface area contributed by atoms with Gasteiger partial charge in [-0.3, -0.25) is 4.79 Å². The second-order valence-corrected chi connectivity index (χ2v) is 5.47. The third-order valence-electron chi connectivity index (χ3n) is 3.94. The van der Waals surface area contributed by atoms with E-state index in [0.717, 1.165) is 6.42 Å². The highest BCUT2D eigenvalue weighted by Crippen LogP contribution is 2.20. The van der Waals surface area contributed by atoms with Gasteiger partial charge >= 0.3 is 0 Å². The highest BCUT2D eigenvalue weighted by Gasteiger charge is 2.19. The molecule has 0 radical (unpaired) electrons. The van der Waals surface area contributed by atoms with Crippen LogP contribution in [0.25, 0.3) is 0 Å². The number of halogens is 1. The quantitative estimate of drug-likeness (QED) is 0.944. The van der Waals surface area contributed by atoms with Crippen LogP contribution in [0.5, 0.6) is 5.75 Å². The highest BCUT2D eigenvalue weighted by molar-refractivity contribution is 5.94. The fourth-order valence-electron chi connectivity index (χ4n) is 2.66. The minimum absolute atomic E-state index is 0.0723. The van der Waals surface area contributed by atoms with Crippen LogP contribution in [0.15, 0.2) is 42.5 Å². The summed E-state index contributed by atoms with van der Waals surface area (Å²) in [7, 11) is 1.39. The van der Waals surface area contributed by atoms with Crippen LogP contribution in [-0.4, -0.2) is 25.7 Å². The Hall–Kier alpha value is -2.40. The van der Waals surface area contributed by atoms with Gasteiger partial charge in [0, 0.05) is 18.5 Å². The van der Waals surface area contributed by atoms with E-state index in [9.17, 15) is 9.18 Å². The largest absolute Gasteiger partial charge is 0.494 e. The van der Waals surface area contributed by atoms with E-state index in [1.54, 1.807) is 0 Å². The minimum Gasteiger partial charge on any atom is -0.494 e. The molecule has 0 aromatic heterocycles. The molecule has 0 aliphatic carbocycles. The molecule has 5 heteroatoms. The molecule has 1 amide bonds. The molecule has 1 aliphatic heterocycles. The summed E-state index contributed by atoms with van der Waals surface area (Å²) >= 11 is 0. The van der Waals surface area contributed by atoms with Crippen LogP contribution in [0, 0.1) is 5.82 Å². The average Bonchev–Trinajstić information content (AvgIpc) is 2.59. The van der Waals surface area contributed by atoms with Crippen molar-refractivity contribution in [2.24, 2.45) is 0 Å². The first-order valence-corrected chi connectivity index (χ1v) is 7.47. The average molecular weight is 315 g/mol. The molecule has 2 aromatic carbocycles. The first kappa shape index (κ1) is 15.5. The first-order chi connectivity index (χ1) is 11.2. The topological polar surface area (TPSA) is 47.6 Å². The van der Waals surface area contributed by atoms with Crippen molar-refractivity contribution in [2.45, 2.75) is 19.1 Å². The molecule has 0 spiro atoms. The lowest BCUT2D eigenvalue weighted by Gasteiger charge is -2.25.